The lowest BCUT2D eigenvalue weighted by molar-refractivity contribution is -0.122. The van der Waals surface area contributed by atoms with Gasteiger partial charge in [-0.2, -0.15) is 0 Å². The molecule has 3 N–H and O–H groups in total. The molecule has 0 bridgehead atoms. The van der Waals surface area contributed by atoms with Crippen LogP contribution >= 0.6 is 23.2 Å². The molecule has 1 saturated heterocycles. The molecule has 2 rings (SSSR count). The van der Waals surface area contributed by atoms with E-state index in [1.54, 1.807) is 23.1 Å². The number of primary amides is 1. The van der Waals surface area contributed by atoms with Gasteiger partial charge in [0.05, 0.1) is 10.0 Å². The van der Waals surface area contributed by atoms with Gasteiger partial charge in [0.1, 0.15) is 0 Å². The molecule has 1 heterocycles. The van der Waals surface area contributed by atoms with Gasteiger partial charge in [-0.3, -0.25) is 4.79 Å². The van der Waals surface area contributed by atoms with Crippen LogP contribution < -0.4 is 11.1 Å². The van der Waals surface area contributed by atoms with Gasteiger partial charge in [-0.05, 0) is 31.0 Å². The number of rotatable bonds is 2. The van der Waals surface area contributed by atoms with Gasteiger partial charge in [0, 0.05) is 24.7 Å². The minimum atomic E-state index is -0.297. The highest BCUT2D eigenvalue weighted by Gasteiger charge is 2.25. The van der Waals surface area contributed by atoms with Crippen LogP contribution in [0.15, 0.2) is 18.2 Å². The van der Waals surface area contributed by atoms with E-state index < -0.39 is 0 Å². The lowest BCUT2D eigenvalue weighted by Crippen LogP contribution is -2.43. The summed E-state index contributed by atoms with van der Waals surface area (Å²) < 4.78 is 0. The second kappa shape index (κ2) is 6.33. The molecule has 0 unspecified atom stereocenters. The van der Waals surface area contributed by atoms with Crippen molar-refractivity contribution in [3.05, 3.63) is 28.2 Å². The molecular formula is C13H15Cl2N3O2. The molecule has 1 fully saturated rings. The molecule has 0 spiro atoms. The van der Waals surface area contributed by atoms with Gasteiger partial charge < -0.3 is 16.0 Å². The van der Waals surface area contributed by atoms with Crippen LogP contribution in [-0.4, -0.2) is 29.9 Å². The number of carbonyl (C=O) groups excluding carboxylic acids is 2. The number of nitrogens with one attached hydrogen (secondary N) is 1. The van der Waals surface area contributed by atoms with Crippen molar-refractivity contribution in [1.29, 1.82) is 0 Å². The first kappa shape index (κ1) is 14.9. The molecule has 7 heteroatoms. The summed E-state index contributed by atoms with van der Waals surface area (Å²) in [4.78, 5) is 24.8. The number of halogens is 2. The molecule has 0 saturated carbocycles. The van der Waals surface area contributed by atoms with Crippen molar-refractivity contribution < 1.29 is 9.59 Å². The Morgan fingerprint density at radius 2 is 1.85 bits per heavy atom. The predicted molar refractivity (Wildman–Crippen MR) is 79.0 cm³/mol. The average molecular weight is 316 g/mol. The van der Waals surface area contributed by atoms with E-state index in [0.29, 0.717) is 41.7 Å². The fourth-order valence-electron chi connectivity index (χ4n) is 2.14. The first-order chi connectivity index (χ1) is 9.47. The Bertz CT molecular complexity index is 528. The second-order valence-corrected chi connectivity index (χ2v) is 5.54. The Balaban J connectivity index is 1.92. The van der Waals surface area contributed by atoms with Gasteiger partial charge in [0.15, 0.2) is 0 Å². The fourth-order valence-corrected chi connectivity index (χ4v) is 2.44. The third-order valence-corrected chi connectivity index (χ3v) is 4.09. The summed E-state index contributed by atoms with van der Waals surface area (Å²) in [6.07, 6.45) is 1.20. The van der Waals surface area contributed by atoms with E-state index in [1.807, 2.05) is 0 Å². The Kier molecular flexibility index (Phi) is 4.73. The minimum Gasteiger partial charge on any atom is -0.369 e. The molecule has 1 aliphatic rings. The molecule has 1 aromatic rings. The Labute approximate surface area is 127 Å². The molecule has 1 aromatic carbocycles. The quantitative estimate of drug-likeness (QED) is 0.880. The standard InChI is InChI=1S/C13H15Cl2N3O2/c14-10-2-1-9(7-11(10)15)17-13(20)18-5-3-8(4-6-18)12(16)19/h1-2,7-8H,3-6H2,(H2,16,19)(H,17,20). The number of benzene rings is 1. The molecule has 1 aliphatic heterocycles. The van der Waals surface area contributed by atoms with E-state index in [9.17, 15) is 9.59 Å². The number of hydrogen-bond acceptors (Lipinski definition) is 2. The third-order valence-electron chi connectivity index (χ3n) is 3.36. The number of carbonyl (C=O) groups is 2. The maximum absolute atomic E-state index is 12.1. The minimum absolute atomic E-state index is 0.135. The first-order valence-corrected chi connectivity index (χ1v) is 7.03. The van der Waals surface area contributed by atoms with Gasteiger partial charge in [0.25, 0.3) is 0 Å². The number of likely N-dealkylation sites (tertiary alicyclic amines) is 1. The van der Waals surface area contributed by atoms with Gasteiger partial charge in [0.2, 0.25) is 5.91 Å². The molecule has 0 radical (unpaired) electrons. The summed E-state index contributed by atoms with van der Waals surface area (Å²) in [6.45, 7) is 1.03. The van der Waals surface area contributed by atoms with Crippen molar-refractivity contribution in [2.75, 3.05) is 18.4 Å². The second-order valence-electron chi connectivity index (χ2n) is 4.72. The SMILES string of the molecule is NC(=O)C1CCN(C(=O)Nc2ccc(Cl)c(Cl)c2)CC1. The van der Waals surface area contributed by atoms with Crippen LogP contribution in [0.1, 0.15) is 12.8 Å². The zero-order valence-corrected chi connectivity index (χ0v) is 12.2. The van der Waals surface area contributed by atoms with Crippen molar-refractivity contribution in [3.8, 4) is 0 Å². The Morgan fingerprint density at radius 1 is 1.20 bits per heavy atom. The Hall–Kier alpha value is -1.46. The predicted octanol–water partition coefficient (Wildman–Crippen LogP) is 2.72. The number of piperidine rings is 1. The molecule has 0 atom stereocenters. The van der Waals surface area contributed by atoms with Gasteiger partial charge in [-0.15, -0.1) is 0 Å². The smallest absolute Gasteiger partial charge is 0.321 e. The molecular weight excluding hydrogens is 301 g/mol. The lowest BCUT2D eigenvalue weighted by atomic mass is 9.96. The third kappa shape index (κ3) is 3.55. The zero-order valence-electron chi connectivity index (χ0n) is 10.7. The largest absolute Gasteiger partial charge is 0.369 e. The van der Waals surface area contributed by atoms with Crippen LogP contribution in [-0.2, 0) is 4.79 Å². The number of nitrogens with zero attached hydrogens (tertiary/aromatic N) is 1. The van der Waals surface area contributed by atoms with Crippen molar-refractivity contribution in [2.45, 2.75) is 12.8 Å². The summed E-state index contributed by atoms with van der Waals surface area (Å²) in [5.74, 6) is -0.432. The van der Waals surface area contributed by atoms with Crippen molar-refractivity contribution >= 4 is 40.8 Å². The van der Waals surface area contributed by atoms with Crippen molar-refractivity contribution in [2.24, 2.45) is 11.7 Å². The van der Waals surface area contributed by atoms with E-state index in [-0.39, 0.29) is 17.9 Å². The highest BCUT2D eigenvalue weighted by atomic mass is 35.5. The number of urea groups is 1. The van der Waals surface area contributed by atoms with E-state index in [2.05, 4.69) is 5.32 Å². The molecule has 0 aliphatic carbocycles. The fraction of sp³-hybridized carbons (Fsp3) is 0.385. The lowest BCUT2D eigenvalue weighted by Gasteiger charge is -2.30. The Morgan fingerprint density at radius 3 is 2.40 bits per heavy atom. The van der Waals surface area contributed by atoms with E-state index >= 15 is 0 Å². The number of hydrogen-bond donors (Lipinski definition) is 2. The average Bonchev–Trinajstić information content (AvgIpc) is 2.43. The number of amides is 3. The van der Waals surface area contributed by atoms with Crippen LogP contribution in [0.5, 0.6) is 0 Å². The van der Waals surface area contributed by atoms with Crippen LogP contribution in [0.4, 0.5) is 10.5 Å². The molecule has 0 aromatic heterocycles. The number of anilines is 1. The van der Waals surface area contributed by atoms with Gasteiger partial charge in [-0.1, -0.05) is 23.2 Å². The van der Waals surface area contributed by atoms with Crippen molar-refractivity contribution in [1.82, 2.24) is 4.90 Å². The number of nitrogens with two attached hydrogens (primary N) is 1. The van der Waals surface area contributed by atoms with Crippen LogP contribution in [0.2, 0.25) is 10.0 Å². The highest BCUT2D eigenvalue weighted by molar-refractivity contribution is 6.42. The highest BCUT2D eigenvalue weighted by Crippen LogP contribution is 2.25. The molecule has 108 valence electrons. The molecule has 20 heavy (non-hydrogen) atoms. The summed E-state index contributed by atoms with van der Waals surface area (Å²) in [5.41, 5.74) is 5.84. The van der Waals surface area contributed by atoms with Gasteiger partial charge in [-0.25, -0.2) is 4.79 Å². The normalized spacial score (nSPS) is 16.0. The van der Waals surface area contributed by atoms with Crippen LogP contribution in [0, 0.1) is 5.92 Å². The zero-order chi connectivity index (χ0) is 14.7. The van der Waals surface area contributed by atoms with Crippen LogP contribution in [0.3, 0.4) is 0 Å². The summed E-state index contributed by atoms with van der Waals surface area (Å²) in [5, 5.41) is 3.57. The first-order valence-electron chi connectivity index (χ1n) is 6.27. The summed E-state index contributed by atoms with van der Waals surface area (Å²) >= 11 is 11.7. The molecule has 3 amide bonds. The summed E-state index contributed by atoms with van der Waals surface area (Å²) in [6, 6.07) is 4.69. The van der Waals surface area contributed by atoms with E-state index in [4.69, 9.17) is 28.9 Å². The van der Waals surface area contributed by atoms with E-state index in [0.717, 1.165) is 0 Å². The maximum atomic E-state index is 12.1. The van der Waals surface area contributed by atoms with E-state index in [1.165, 1.54) is 0 Å². The molecule has 5 nitrogen and oxygen atoms in total. The van der Waals surface area contributed by atoms with Gasteiger partial charge >= 0.3 is 6.03 Å². The monoisotopic (exact) mass is 315 g/mol. The maximum Gasteiger partial charge on any atom is 0.321 e. The topological polar surface area (TPSA) is 75.4 Å². The van der Waals surface area contributed by atoms with Crippen molar-refractivity contribution in [3.63, 3.8) is 0 Å². The van der Waals surface area contributed by atoms with Crippen LogP contribution in [0.25, 0.3) is 0 Å². The summed E-state index contributed by atoms with van der Waals surface area (Å²) in [7, 11) is 0.